The Morgan fingerprint density at radius 3 is 1.95 bits per heavy atom. The number of rotatable bonds is 1. The molecular weight excluding hydrogens is 492 g/mol. The molecule has 6 unspecified atom stereocenters. The molecule has 39 heavy (non-hydrogen) atoms. The van der Waals surface area contributed by atoms with Gasteiger partial charge in [0.25, 0.3) is 0 Å². The third-order valence-corrected chi connectivity index (χ3v) is 9.26. The van der Waals surface area contributed by atoms with E-state index in [0.717, 1.165) is 11.0 Å². The molecule has 2 aliphatic carbocycles. The van der Waals surface area contributed by atoms with Crippen LogP contribution in [-0.4, -0.2) is 49.6 Å². The number of aromatic hydroxyl groups is 1. The van der Waals surface area contributed by atoms with E-state index in [9.17, 15) is 24.3 Å². The molecule has 0 radical (unpaired) electrons. The number of likely N-dealkylation sites (tertiary alicyclic amines) is 2. The first-order valence-corrected chi connectivity index (χ1v) is 13.9. The van der Waals surface area contributed by atoms with Crippen LogP contribution in [0.5, 0.6) is 5.75 Å². The molecule has 6 atom stereocenters. The maximum absolute atomic E-state index is 14.0. The fourth-order valence-electron chi connectivity index (χ4n) is 7.78. The van der Waals surface area contributed by atoms with E-state index in [1.165, 1.54) is 9.80 Å². The van der Waals surface area contributed by atoms with Crippen LogP contribution in [-0.2, 0) is 19.2 Å². The summed E-state index contributed by atoms with van der Waals surface area (Å²) in [5.41, 5.74) is 0.142. The van der Waals surface area contributed by atoms with Gasteiger partial charge in [-0.05, 0) is 65.7 Å². The lowest BCUT2D eigenvalue weighted by atomic mass is 9.57. The number of phenols is 1. The second-order valence-corrected chi connectivity index (χ2v) is 13.6. The highest BCUT2D eigenvalue weighted by atomic mass is 16.3. The summed E-state index contributed by atoms with van der Waals surface area (Å²) >= 11 is 0. The van der Waals surface area contributed by atoms with Crippen molar-refractivity contribution in [1.82, 2.24) is 9.80 Å². The van der Waals surface area contributed by atoms with Crippen LogP contribution < -0.4 is 0 Å². The Hall–Kier alpha value is -3.48. The monoisotopic (exact) mass is 528 g/mol. The van der Waals surface area contributed by atoms with E-state index in [1.54, 1.807) is 0 Å². The van der Waals surface area contributed by atoms with Gasteiger partial charge in [-0.3, -0.25) is 29.0 Å². The van der Waals surface area contributed by atoms with Crippen molar-refractivity contribution in [2.24, 2.45) is 29.6 Å². The molecule has 2 aliphatic heterocycles. The van der Waals surface area contributed by atoms with Crippen molar-refractivity contribution in [2.75, 3.05) is 0 Å². The number of fused-ring (bicyclic) bond motifs is 5. The summed E-state index contributed by atoms with van der Waals surface area (Å²) in [5, 5.41) is 13.1. The van der Waals surface area contributed by atoms with E-state index in [1.807, 2.05) is 84.0 Å². The number of hydrogen-bond donors (Lipinski definition) is 1. The summed E-state index contributed by atoms with van der Waals surface area (Å²) in [5.74, 6) is -3.99. The second-order valence-electron chi connectivity index (χ2n) is 13.6. The van der Waals surface area contributed by atoms with Crippen molar-refractivity contribution in [3.8, 4) is 5.75 Å². The second kappa shape index (κ2) is 8.26. The topological polar surface area (TPSA) is 95.0 Å². The lowest BCUT2D eigenvalue weighted by Gasteiger charge is -2.44. The zero-order valence-electron chi connectivity index (χ0n) is 23.4. The molecule has 1 saturated carbocycles. The SMILES string of the molecule is CC(C)(C)N1C(=O)C2CC=C3C(CC4C(=O)N(C(C)(C)C)C(=O)C4C3c3ccc4ccccc4c3O)C2C1=O. The average Bonchev–Trinajstić information content (AvgIpc) is 3.27. The van der Waals surface area contributed by atoms with Gasteiger partial charge in [0.05, 0.1) is 23.7 Å². The Morgan fingerprint density at radius 2 is 1.31 bits per heavy atom. The fourth-order valence-corrected chi connectivity index (χ4v) is 7.78. The van der Waals surface area contributed by atoms with Gasteiger partial charge in [-0.15, -0.1) is 0 Å². The summed E-state index contributed by atoms with van der Waals surface area (Å²) in [6, 6.07) is 11.3. The molecule has 4 amide bonds. The molecular formula is C32H36N2O5. The van der Waals surface area contributed by atoms with Crippen LogP contribution in [0.1, 0.15) is 65.9 Å². The molecule has 3 fully saturated rings. The van der Waals surface area contributed by atoms with Crippen molar-refractivity contribution in [2.45, 2.75) is 71.4 Å². The van der Waals surface area contributed by atoms with Crippen molar-refractivity contribution in [1.29, 1.82) is 0 Å². The van der Waals surface area contributed by atoms with Gasteiger partial charge in [0.1, 0.15) is 5.75 Å². The van der Waals surface area contributed by atoms with Gasteiger partial charge in [-0.2, -0.15) is 0 Å². The van der Waals surface area contributed by atoms with E-state index in [2.05, 4.69) is 0 Å². The first-order valence-electron chi connectivity index (χ1n) is 13.9. The Labute approximate surface area is 228 Å². The van der Waals surface area contributed by atoms with Crippen molar-refractivity contribution < 1.29 is 24.3 Å². The van der Waals surface area contributed by atoms with Gasteiger partial charge in [-0.25, -0.2) is 0 Å². The van der Waals surface area contributed by atoms with Crippen LogP contribution in [0.2, 0.25) is 0 Å². The summed E-state index contributed by atoms with van der Waals surface area (Å²) < 4.78 is 0. The van der Waals surface area contributed by atoms with Crippen LogP contribution >= 0.6 is 0 Å². The van der Waals surface area contributed by atoms with Crippen LogP contribution in [0, 0.1) is 29.6 Å². The largest absolute Gasteiger partial charge is 0.507 e. The molecule has 6 rings (SSSR count). The lowest BCUT2D eigenvalue weighted by molar-refractivity contribution is -0.147. The van der Waals surface area contributed by atoms with E-state index < -0.39 is 40.7 Å². The molecule has 7 heteroatoms. The zero-order chi connectivity index (χ0) is 28.2. The number of allylic oxidation sites excluding steroid dienone is 2. The molecule has 0 bridgehead atoms. The highest BCUT2D eigenvalue weighted by Crippen LogP contribution is 2.60. The van der Waals surface area contributed by atoms with E-state index in [-0.39, 0.29) is 35.3 Å². The number of carbonyl (C=O) groups excluding carboxylic acids is 4. The predicted octanol–water partition coefficient (Wildman–Crippen LogP) is 4.78. The molecule has 2 aromatic rings. The minimum absolute atomic E-state index is 0.0973. The quantitative estimate of drug-likeness (QED) is 0.425. The number of nitrogens with zero attached hydrogens (tertiary/aromatic N) is 2. The standard InChI is InChI=1S/C32H36N2O5/c1-31(2,3)33-27(36)20-14-13-18-21(24(20)29(33)38)15-22-25(30(39)34(28(22)37)32(4,5)6)23(18)19-12-11-16-9-7-8-10-17(16)26(19)35/h7-13,20-25,35H,14-15H2,1-6H3. The van der Waals surface area contributed by atoms with Gasteiger partial charge >= 0.3 is 0 Å². The van der Waals surface area contributed by atoms with Crippen molar-refractivity contribution in [3.63, 3.8) is 0 Å². The van der Waals surface area contributed by atoms with E-state index in [4.69, 9.17) is 0 Å². The normalized spacial score (nSPS) is 31.0. The average molecular weight is 529 g/mol. The molecule has 7 nitrogen and oxygen atoms in total. The fraction of sp³-hybridized carbons (Fsp3) is 0.500. The summed E-state index contributed by atoms with van der Waals surface area (Å²) in [7, 11) is 0. The predicted molar refractivity (Wildman–Crippen MR) is 146 cm³/mol. The van der Waals surface area contributed by atoms with Crippen molar-refractivity contribution in [3.05, 3.63) is 53.6 Å². The molecule has 1 N–H and O–H groups in total. The maximum Gasteiger partial charge on any atom is 0.234 e. The Morgan fingerprint density at radius 1 is 0.718 bits per heavy atom. The smallest absolute Gasteiger partial charge is 0.234 e. The summed E-state index contributed by atoms with van der Waals surface area (Å²) in [4.78, 5) is 58.0. The first-order chi connectivity index (χ1) is 18.2. The summed E-state index contributed by atoms with van der Waals surface area (Å²) in [6.07, 6.45) is 2.77. The molecule has 2 saturated heterocycles. The number of imide groups is 2. The molecule has 204 valence electrons. The lowest BCUT2D eigenvalue weighted by Crippen LogP contribution is -2.47. The number of hydrogen-bond acceptors (Lipinski definition) is 5. The minimum Gasteiger partial charge on any atom is -0.507 e. The number of benzene rings is 2. The molecule has 2 aromatic carbocycles. The van der Waals surface area contributed by atoms with E-state index >= 15 is 0 Å². The van der Waals surface area contributed by atoms with Gasteiger partial charge in [0, 0.05) is 27.9 Å². The van der Waals surface area contributed by atoms with Gasteiger partial charge in [0.2, 0.25) is 23.6 Å². The van der Waals surface area contributed by atoms with Gasteiger partial charge in [-0.1, -0.05) is 48.0 Å². The van der Waals surface area contributed by atoms with Gasteiger partial charge < -0.3 is 5.11 Å². The van der Waals surface area contributed by atoms with Crippen LogP contribution in [0.4, 0.5) is 0 Å². The van der Waals surface area contributed by atoms with Crippen LogP contribution in [0.25, 0.3) is 10.8 Å². The van der Waals surface area contributed by atoms with Crippen LogP contribution in [0.3, 0.4) is 0 Å². The number of amides is 4. The third-order valence-electron chi connectivity index (χ3n) is 9.26. The molecule has 0 spiro atoms. The minimum atomic E-state index is -0.703. The zero-order valence-corrected chi connectivity index (χ0v) is 23.4. The Kier molecular flexibility index (Phi) is 5.46. The highest BCUT2D eigenvalue weighted by molar-refractivity contribution is 6.08. The highest BCUT2D eigenvalue weighted by Gasteiger charge is 2.63. The molecule has 2 heterocycles. The Bertz CT molecular complexity index is 1480. The number of carbonyl (C=O) groups is 4. The Balaban J connectivity index is 1.54. The maximum atomic E-state index is 14.0. The third kappa shape index (κ3) is 3.54. The van der Waals surface area contributed by atoms with Crippen LogP contribution in [0.15, 0.2) is 48.0 Å². The van der Waals surface area contributed by atoms with E-state index in [0.29, 0.717) is 23.8 Å². The molecule has 0 aromatic heterocycles. The first kappa shape index (κ1) is 25.8. The summed E-state index contributed by atoms with van der Waals surface area (Å²) in [6.45, 7) is 11.1. The van der Waals surface area contributed by atoms with Gasteiger partial charge in [0.15, 0.2) is 0 Å². The number of phenolic OH excluding ortho intramolecular Hbond substituents is 1. The molecule has 4 aliphatic rings. The van der Waals surface area contributed by atoms with Crippen molar-refractivity contribution >= 4 is 34.4 Å².